The number of amides is 1. The number of rotatable bonds is 7. The molecule has 0 spiro atoms. The van der Waals surface area contributed by atoms with E-state index in [1.54, 1.807) is 17.0 Å². The Kier molecular flexibility index (Phi) is 6.96. The van der Waals surface area contributed by atoms with E-state index in [0.29, 0.717) is 31.9 Å². The van der Waals surface area contributed by atoms with Gasteiger partial charge in [0.15, 0.2) is 6.61 Å². The van der Waals surface area contributed by atoms with Crippen LogP contribution in [-0.2, 0) is 14.8 Å². The fourth-order valence-corrected chi connectivity index (χ4v) is 5.11. The lowest BCUT2D eigenvalue weighted by molar-refractivity contribution is -0.133. The molecule has 0 saturated carbocycles. The Hall–Kier alpha value is -2.96. The van der Waals surface area contributed by atoms with Crippen LogP contribution in [0, 0.1) is 5.82 Å². The van der Waals surface area contributed by atoms with Gasteiger partial charge in [0.05, 0.1) is 9.92 Å². The number of carbonyl (C=O) groups excluding carboxylic acids is 1. The number of hydrogen-bond acceptors (Lipinski definition) is 8. The Morgan fingerprint density at radius 2 is 1.88 bits per heavy atom. The maximum atomic E-state index is 13.2. The topological polar surface area (TPSA) is 105 Å². The fraction of sp³-hybridized carbons (Fsp3) is 0.250. The van der Waals surface area contributed by atoms with Gasteiger partial charge in [0.1, 0.15) is 17.1 Å². The molecule has 33 heavy (non-hydrogen) atoms. The summed E-state index contributed by atoms with van der Waals surface area (Å²) in [5, 5.41) is 7.43. The van der Waals surface area contributed by atoms with Gasteiger partial charge in [-0.05, 0) is 36.4 Å². The molecule has 2 heterocycles. The molecule has 1 N–H and O–H groups in total. The van der Waals surface area contributed by atoms with Gasteiger partial charge >= 0.3 is 0 Å². The molecule has 1 aliphatic heterocycles. The highest BCUT2D eigenvalue weighted by Crippen LogP contribution is 2.23. The molecule has 13 heteroatoms. The minimum Gasteiger partial charge on any atom is -0.484 e. The Morgan fingerprint density at radius 3 is 2.52 bits per heavy atom. The first-order chi connectivity index (χ1) is 15.8. The zero-order valence-electron chi connectivity index (χ0n) is 17.1. The smallest absolute Gasteiger partial charge is 0.263 e. The molecular formula is C20H19ClFN5O4S2. The number of carbonyl (C=O) groups is 1. The summed E-state index contributed by atoms with van der Waals surface area (Å²) in [5.74, 6) is -0.409. The van der Waals surface area contributed by atoms with Crippen molar-refractivity contribution < 1.29 is 22.3 Å². The van der Waals surface area contributed by atoms with Crippen molar-refractivity contribution in [2.24, 2.45) is 0 Å². The number of benzene rings is 2. The van der Waals surface area contributed by atoms with Gasteiger partial charge in [0.2, 0.25) is 5.13 Å². The summed E-state index contributed by atoms with van der Waals surface area (Å²) in [6.07, 6.45) is 0. The van der Waals surface area contributed by atoms with Crippen LogP contribution in [0.1, 0.15) is 0 Å². The van der Waals surface area contributed by atoms with E-state index in [4.69, 9.17) is 16.3 Å². The van der Waals surface area contributed by atoms with Crippen molar-refractivity contribution in [3.63, 3.8) is 0 Å². The number of piperazine rings is 1. The summed E-state index contributed by atoms with van der Waals surface area (Å²) in [5.41, 5.74) is 2.30. The summed E-state index contributed by atoms with van der Waals surface area (Å²) in [6.45, 7) is 1.98. The van der Waals surface area contributed by atoms with Crippen LogP contribution in [0.4, 0.5) is 15.2 Å². The third-order valence-corrected chi connectivity index (χ3v) is 7.36. The van der Waals surface area contributed by atoms with Gasteiger partial charge in [-0.3, -0.25) is 9.52 Å². The van der Waals surface area contributed by atoms with Crippen LogP contribution in [0.5, 0.6) is 5.75 Å². The Bertz CT molecular complexity index is 1220. The quantitative estimate of drug-likeness (QED) is 0.520. The molecule has 0 bridgehead atoms. The molecule has 1 amide bonds. The molecule has 1 aliphatic rings. The monoisotopic (exact) mass is 511 g/mol. The van der Waals surface area contributed by atoms with Crippen molar-refractivity contribution in [3.05, 3.63) is 58.8 Å². The fourth-order valence-electron chi connectivity index (χ4n) is 3.24. The van der Waals surface area contributed by atoms with Crippen molar-refractivity contribution in [3.8, 4) is 5.75 Å². The van der Waals surface area contributed by atoms with Crippen molar-refractivity contribution in [1.29, 1.82) is 0 Å². The number of sulfonamides is 1. The molecule has 0 aliphatic carbocycles. The summed E-state index contributed by atoms with van der Waals surface area (Å²) in [6, 6.07) is 10.4. The van der Waals surface area contributed by atoms with E-state index < -0.39 is 15.8 Å². The lowest BCUT2D eigenvalue weighted by Crippen LogP contribution is -2.50. The third kappa shape index (κ3) is 5.70. The van der Waals surface area contributed by atoms with Crippen LogP contribution in [0.15, 0.2) is 52.9 Å². The van der Waals surface area contributed by atoms with Gasteiger partial charge in [-0.15, -0.1) is 10.2 Å². The molecule has 0 atom stereocenters. The molecule has 1 aromatic heterocycles. The number of halogens is 2. The largest absolute Gasteiger partial charge is 0.484 e. The minimum atomic E-state index is -3.74. The molecule has 0 radical (unpaired) electrons. The maximum absolute atomic E-state index is 13.2. The lowest BCUT2D eigenvalue weighted by Gasteiger charge is -2.36. The summed E-state index contributed by atoms with van der Waals surface area (Å²) >= 11 is 6.81. The molecule has 1 saturated heterocycles. The van der Waals surface area contributed by atoms with Gasteiger partial charge in [-0.25, -0.2) is 12.8 Å². The van der Waals surface area contributed by atoms with Gasteiger partial charge in [0, 0.05) is 37.9 Å². The first kappa shape index (κ1) is 23.2. The highest BCUT2D eigenvalue weighted by molar-refractivity contribution is 7.93. The number of anilines is 2. The van der Waals surface area contributed by atoms with Crippen LogP contribution in [0.25, 0.3) is 0 Å². The predicted molar refractivity (Wildman–Crippen MR) is 123 cm³/mol. The SMILES string of the molecule is O=C(COc1ccc(F)c(Cl)c1)N1CCN(c2ccc(S(=O)(=O)Nc3nncs3)cc2)CC1. The number of aromatic nitrogens is 2. The molecule has 9 nitrogen and oxygen atoms in total. The van der Waals surface area contributed by atoms with Gasteiger partial charge in [-0.1, -0.05) is 22.9 Å². The van der Waals surface area contributed by atoms with Crippen LogP contribution in [0.2, 0.25) is 5.02 Å². The first-order valence-corrected chi connectivity index (χ1v) is 12.6. The third-order valence-electron chi connectivity index (χ3n) is 4.98. The molecule has 1 fully saturated rings. The molecular weight excluding hydrogens is 493 g/mol. The van der Waals surface area contributed by atoms with Gasteiger partial charge in [0.25, 0.3) is 15.9 Å². The average molecular weight is 512 g/mol. The summed E-state index contributed by atoms with van der Waals surface area (Å²) in [4.78, 5) is 16.3. The van der Waals surface area contributed by atoms with Crippen molar-refractivity contribution in [1.82, 2.24) is 15.1 Å². The molecule has 2 aromatic carbocycles. The van der Waals surface area contributed by atoms with E-state index in [1.165, 1.54) is 35.8 Å². The maximum Gasteiger partial charge on any atom is 0.263 e. The van der Waals surface area contributed by atoms with Crippen molar-refractivity contribution >= 4 is 49.7 Å². The van der Waals surface area contributed by atoms with Crippen molar-refractivity contribution in [2.75, 3.05) is 42.4 Å². The lowest BCUT2D eigenvalue weighted by atomic mass is 10.2. The normalized spacial score (nSPS) is 14.2. The Labute approximate surface area is 198 Å². The minimum absolute atomic E-state index is 0.0663. The molecule has 3 aromatic rings. The van der Waals surface area contributed by atoms with E-state index in [2.05, 4.69) is 19.8 Å². The van der Waals surface area contributed by atoms with Crippen LogP contribution in [0.3, 0.4) is 0 Å². The highest BCUT2D eigenvalue weighted by Gasteiger charge is 2.22. The van der Waals surface area contributed by atoms with Crippen LogP contribution in [-0.4, -0.2) is 62.2 Å². The van der Waals surface area contributed by atoms with E-state index in [9.17, 15) is 17.6 Å². The first-order valence-electron chi connectivity index (χ1n) is 9.81. The highest BCUT2D eigenvalue weighted by atomic mass is 35.5. The second-order valence-corrected chi connectivity index (χ2v) is 10.00. The molecule has 174 valence electrons. The molecule has 0 unspecified atom stereocenters. The zero-order chi connectivity index (χ0) is 23.4. The number of nitrogens with zero attached hydrogens (tertiary/aromatic N) is 4. The van der Waals surface area contributed by atoms with E-state index in [-0.39, 0.29) is 27.6 Å². The number of hydrogen-bond donors (Lipinski definition) is 1. The number of nitrogens with one attached hydrogen (secondary N) is 1. The van der Waals surface area contributed by atoms with Crippen LogP contribution < -0.4 is 14.4 Å². The van der Waals surface area contributed by atoms with E-state index >= 15 is 0 Å². The molecule has 4 rings (SSSR count). The Balaban J connectivity index is 1.29. The number of ether oxygens (including phenoxy) is 1. The standard InChI is InChI=1S/C20H19ClFN5O4S2/c21-17-11-15(3-6-18(17)22)31-12-19(28)27-9-7-26(8-10-27)14-1-4-16(5-2-14)33(29,30)25-20-24-23-13-32-20/h1-6,11,13H,7-10,12H2,(H,24,25). The second-order valence-electron chi connectivity index (χ2n) is 7.08. The second kappa shape index (κ2) is 9.89. The average Bonchev–Trinajstić information content (AvgIpc) is 3.32. The van der Waals surface area contributed by atoms with Gasteiger partial charge < -0.3 is 14.5 Å². The van der Waals surface area contributed by atoms with Crippen molar-refractivity contribution in [2.45, 2.75) is 4.90 Å². The van der Waals surface area contributed by atoms with Crippen LogP contribution >= 0.6 is 22.9 Å². The summed E-state index contributed by atoms with van der Waals surface area (Å²) < 4.78 is 45.9. The van der Waals surface area contributed by atoms with E-state index in [1.807, 2.05) is 0 Å². The van der Waals surface area contributed by atoms with E-state index in [0.717, 1.165) is 17.0 Å². The summed E-state index contributed by atoms with van der Waals surface area (Å²) in [7, 11) is -3.74. The van der Waals surface area contributed by atoms with Gasteiger partial charge in [-0.2, -0.15) is 0 Å². The predicted octanol–water partition coefficient (Wildman–Crippen LogP) is 2.86. The Morgan fingerprint density at radius 1 is 1.15 bits per heavy atom. The zero-order valence-corrected chi connectivity index (χ0v) is 19.5.